The summed E-state index contributed by atoms with van der Waals surface area (Å²) in [6.07, 6.45) is 3.35. The van der Waals surface area contributed by atoms with Crippen LogP contribution in [0.1, 0.15) is 38.2 Å². The Morgan fingerprint density at radius 2 is 1.56 bits per heavy atom. The fourth-order valence-corrected chi connectivity index (χ4v) is 2.05. The molecule has 0 saturated carbocycles. The van der Waals surface area contributed by atoms with Crippen LogP contribution in [0.5, 0.6) is 0 Å². The molecule has 0 amide bonds. The number of carbonyl (C=O) groups is 1. The van der Waals surface area contributed by atoms with E-state index in [9.17, 15) is 4.79 Å². The van der Waals surface area contributed by atoms with E-state index in [-0.39, 0.29) is 5.78 Å². The number of aromatic nitrogens is 1. The topological polar surface area (TPSA) is 30.0 Å². The number of benzene rings is 1. The molecule has 0 aliphatic rings. The third kappa shape index (κ3) is 2.19. The van der Waals surface area contributed by atoms with Crippen LogP contribution < -0.4 is 0 Å². The highest BCUT2D eigenvalue weighted by molar-refractivity contribution is 6.10. The number of aryl methyl sites for hydroxylation is 4. The fourth-order valence-electron chi connectivity index (χ4n) is 2.05. The maximum Gasteiger partial charge on any atom is 0.195 e. The lowest BCUT2D eigenvalue weighted by Gasteiger charge is -2.10. The van der Waals surface area contributed by atoms with Gasteiger partial charge in [0.2, 0.25) is 0 Å². The second-order valence-corrected chi connectivity index (χ2v) is 4.77. The molecule has 0 N–H and O–H groups in total. The molecule has 0 atom stereocenters. The summed E-state index contributed by atoms with van der Waals surface area (Å²) in [5, 5.41) is 0. The zero-order chi connectivity index (χ0) is 13.3. The normalized spacial score (nSPS) is 10.4. The molecule has 18 heavy (non-hydrogen) atoms. The Hall–Kier alpha value is -1.96. The molecule has 0 fully saturated rings. The van der Waals surface area contributed by atoms with Crippen LogP contribution in [0.2, 0.25) is 0 Å². The Morgan fingerprint density at radius 3 is 2.22 bits per heavy atom. The van der Waals surface area contributed by atoms with Gasteiger partial charge in [0.15, 0.2) is 5.78 Å². The minimum absolute atomic E-state index is 0.0567. The number of nitrogens with zero attached hydrogens (tertiary/aromatic N) is 1. The smallest absolute Gasteiger partial charge is 0.195 e. The van der Waals surface area contributed by atoms with Crippen LogP contribution in [0.3, 0.4) is 0 Å². The highest BCUT2D eigenvalue weighted by Crippen LogP contribution is 2.20. The fraction of sp³-hybridized carbons (Fsp3) is 0.250. The summed E-state index contributed by atoms with van der Waals surface area (Å²) < 4.78 is 0. The van der Waals surface area contributed by atoms with E-state index < -0.39 is 0 Å². The summed E-state index contributed by atoms with van der Waals surface area (Å²) in [7, 11) is 0. The molecule has 0 spiro atoms. The summed E-state index contributed by atoms with van der Waals surface area (Å²) in [5.74, 6) is 0.0567. The maximum atomic E-state index is 12.5. The molecule has 0 radical (unpaired) electrons. The van der Waals surface area contributed by atoms with E-state index in [2.05, 4.69) is 18.0 Å². The van der Waals surface area contributed by atoms with Gasteiger partial charge in [-0.1, -0.05) is 6.07 Å². The molecule has 1 heterocycles. The molecule has 0 saturated heterocycles. The van der Waals surface area contributed by atoms with E-state index in [0.717, 1.165) is 22.3 Å². The van der Waals surface area contributed by atoms with Crippen LogP contribution in [-0.4, -0.2) is 10.8 Å². The van der Waals surface area contributed by atoms with E-state index >= 15 is 0 Å². The lowest BCUT2D eigenvalue weighted by molar-refractivity contribution is 0.103. The molecule has 0 unspecified atom stereocenters. The standard InChI is InChI=1S/C16H17NO/c1-10-5-6-17-9-15(10)16(18)14-8-12(3)11(2)7-13(14)4/h5-9H,1-4H3. The van der Waals surface area contributed by atoms with Gasteiger partial charge in [-0.25, -0.2) is 0 Å². The summed E-state index contributed by atoms with van der Waals surface area (Å²) in [4.78, 5) is 16.6. The Balaban J connectivity index is 2.53. The quantitative estimate of drug-likeness (QED) is 0.750. The number of carbonyl (C=O) groups excluding carboxylic acids is 1. The van der Waals surface area contributed by atoms with Gasteiger partial charge in [0.05, 0.1) is 0 Å². The predicted molar refractivity (Wildman–Crippen MR) is 73.1 cm³/mol. The highest BCUT2D eigenvalue weighted by atomic mass is 16.1. The van der Waals surface area contributed by atoms with Crippen molar-refractivity contribution in [3.8, 4) is 0 Å². The lowest BCUT2D eigenvalue weighted by Crippen LogP contribution is -2.07. The van der Waals surface area contributed by atoms with Crippen molar-refractivity contribution < 1.29 is 4.79 Å². The maximum absolute atomic E-state index is 12.5. The van der Waals surface area contributed by atoms with E-state index in [0.29, 0.717) is 5.56 Å². The summed E-state index contributed by atoms with van der Waals surface area (Å²) >= 11 is 0. The molecule has 0 aliphatic heterocycles. The average molecular weight is 239 g/mol. The number of pyridine rings is 1. The number of hydrogen-bond acceptors (Lipinski definition) is 2. The van der Waals surface area contributed by atoms with Crippen LogP contribution in [0.15, 0.2) is 30.6 Å². The average Bonchev–Trinajstić information content (AvgIpc) is 2.33. The lowest BCUT2D eigenvalue weighted by atomic mass is 9.94. The zero-order valence-corrected chi connectivity index (χ0v) is 11.2. The van der Waals surface area contributed by atoms with E-state index in [1.165, 1.54) is 5.56 Å². The van der Waals surface area contributed by atoms with Crippen molar-refractivity contribution in [1.82, 2.24) is 4.98 Å². The van der Waals surface area contributed by atoms with Gasteiger partial charge in [0.1, 0.15) is 0 Å². The van der Waals surface area contributed by atoms with Crippen LogP contribution >= 0.6 is 0 Å². The van der Waals surface area contributed by atoms with E-state index in [4.69, 9.17) is 0 Å². The molecular formula is C16H17NO. The second kappa shape index (κ2) is 4.73. The first-order valence-electron chi connectivity index (χ1n) is 6.04. The van der Waals surface area contributed by atoms with Gasteiger partial charge in [-0.2, -0.15) is 0 Å². The van der Waals surface area contributed by atoms with Gasteiger partial charge in [-0.3, -0.25) is 9.78 Å². The van der Waals surface area contributed by atoms with E-state index in [1.54, 1.807) is 12.4 Å². The van der Waals surface area contributed by atoms with Crippen LogP contribution in [0, 0.1) is 27.7 Å². The van der Waals surface area contributed by atoms with Crippen molar-refractivity contribution in [3.05, 3.63) is 64.0 Å². The number of rotatable bonds is 2. The van der Waals surface area contributed by atoms with Crippen molar-refractivity contribution in [3.63, 3.8) is 0 Å². The van der Waals surface area contributed by atoms with Gasteiger partial charge >= 0.3 is 0 Å². The molecular weight excluding hydrogens is 222 g/mol. The third-order valence-corrected chi connectivity index (χ3v) is 3.37. The van der Waals surface area contributed by atoms with Crippen molar-refractivity contribution >= 4 is 5.78 Å². The largest absolute Gasteiger partial charge is 0.289 e. The molecule has 2 aromatic rings. The Bertz CT molecular complexity index is 614. The first kappa shape index (κ1) is 12.5. The SMILES string of the molecule is Cc1cc(C)c(C(=O)c2cnccc2C)cc1C. The van der Waals surface area contributed by atoms with Crippen molar-refractivity contribution in [2.75, 3.05) is 0 Å². The Labute approximate surface area is 108 Å². The molecule has 2 rings (SSSR count). The predicted octanol–water partition coefficient (Wildman–Crippen LogP) is 3.55. The van der Waals surface area contributed by atoms with Gasteiger partial charge in [0.25, 0.3) is 0 Å². The third-order valence-electron chi connectivity index (χ3n) is 3.37. The van der Waals surface area contributed by atoms with E-state index in [1.807, 2.05) is 32.9 Å². The van der Waals surface area contributed by atoms with Crippen molar-refractivity contribution in [1.29, 1.82) is 0 Å². The molecule has 2 heteroatoms. The molecule has 1 aromatic carbocycles. The summed E-state index contributed by atoms with van der Waals surface area (Å²) in [6.45, 7) is 8.00. The first-order chi connectivity index (χ1) is 8.50. The van der Waals surface area contributed by atoms with Gasteiger partial charge in [0, 0.05) is 23.5 Å². The monoisotopic (exact) mass is 239 g/mol. The van der Waals surface area contributed by atoms with Gasteiger partial charge in [-0.15, -0.1) is 0 Å². The summed E-state index contributed by atoms with van der Waals surface area (Å²) in [5.41, 5.74) is 5.80. The van der Waals surface area contributed by atoms with Crippen molar-refractivity contribution in [2.45, 2.75) is 27.7 Å². The van der Waals surface area contributed by atoms with Gasteiger partial charge in [-0.05, 0) is 62.1 Å². The van der Waals surface area contributed by atoms with Crippen LogP contribution in [0.25, 0.3) is 0 Å². The highest BCUT2D eigenvalue weighted by Gasteiger charge is 2.14. The van der Waals surface area contributed by atoms with Crippen LogP contribution in [-0.2, 0) is 0 Å². The molecule has 2 nitrogen and oxygen atoms in total. The summed E-state index contributed by atoms with van der Waals surface area (Å²) in [6, 6.07) is 5.90. The van der Waals surface area contributed by atoms with Crippen LogP contribution in [0.4, 0.5) is 0 Å². The molecule has 92 valence electrons. The number of hydrogen-bond donors (Lipinski definition) is 0. The first-order valence-corrected chi connectivity index (χ1v) is 6.04. The zero-order valence-electron chi connectivity index (χ0n) is 11.2. The second-order valence-electron chi connectivity index (χ2n) is 4.77. The minimum atomic E-state index is 0.0567. The molecule has 0 bridgehead atoms. The van der Waals surface area contributed by atoms with Gasteiger partial charge < -0.3 is 0 Å². The number of ketones is 1. The minimum Gasteiger partial charge on any atom is -0.289 e. The molecule has 0 aliphatic carbocycles. The molecule has 1 aromatic heterocycles. The Morgan fingerprint density at radius 1 is 0.889 bits per heavy atom. The van der Waals surface area contributed by atoms with Crippen molar-refractivity contribution in [2.24, 2.45) is 0 Å². The Kier molecular flexibility index (Phi) is 3.28.